The molecule has 0 saturated heterocycles. The van der Waals surface area contributed by atoms with Crippen LogP contribution in [0.5, 0.6) is 0 Å². The van der Waals surface area contributed by atoms with Crippen molar-refractivity contribution in [2.24, 2.45) is 0 Å². The molecule has 494 valence electrons. The normalized spacial score (nSPS) is 13.2. The lowest BCUT2D eigenvalue weighted by Crippen LogP contribution is -2.40. The highest BCUT2D eigenvalue weighted by atomic mass is 127. The van der Waals surface area contributed by atoms with E-state index in [-0.39, 0.29) is 122 Å². The molecule has 0 aromatic heterocycles. The number of carbonyl (C=O) groups is 9. The number of hydrogen-bond acceptors (Lipinski definition) is 21. The van der Waals surface area contributed by atoms with Gasteiger partial charge < -0.3 is 108 Å². The quantitative estimate of drug-likeness (QED) is 0.0334. The molecule has 3 aromatic carbocycles. The van der Waals surface area contributed by atoms with Crippen LogP contribution in [0.2, 0.25) is 0 Å². The molecule has 6 atom stereocenters. The third kappa shape index (κ3) is 21.7. The standard InChI is InChI=1S/C50H60I9N9O21/c1-66(48(87)27-30(51)24(45(84)60-9-18(75)12-69)33(54)39(36(27)57)63-42(81)21(78)15-72)5-3-7-68(50(89)29-32(53)26(47(86)62-11-20(77)14-71)35(56)41(38(29)59)65-44(83)23(80)17-74)8-4-6-67(2)49(88)28-31(52)25(46(85)61-10-19(76)13-70)34(55)40(37(28)58)64-43(82)22(79)16-73/h18-23,69-80H,3-17H2,1-2H3,(H,60,84)(H,61,85)(H,62,86)(H,63,81)(H,64,82)(H,65,83). The summed E-state index contributed by atoms with van der Waals surface area (Å²) in [6, 6.07) is 0. The average Bonchev–Trinajstić information content (AvgIpc) is 0.833. The summed E-state index contributed by atoms with van der Waals surface area (Å²) in [5, 5.41) is 132. The van der Waals surface area contributed by atoms with Gasteiger partial charge >= 0.3 is 0 Å². The molecule has 18 N–H and O–H groups in total. The number of hydrogen-bond donors (Lipinski definition) is 18. The molecule has 0 radical (unpaired) electrons. The molecule has 0 saturated carbocycles. The fourth-order valence-electron chi connectivity index (χ4n) is 7.50. The van der Waals surface area contributed by atoms with Gasteiger partial charge in [0.15, 0.2) is 18.3 Å². The first-order valence-corrected chi connectivity index (χ1v) is 35.4. The highest BCUT2D eigenvalue weighted by Gasteiger charge is 2.36. The zero-order valence-electron chi connectivity index (χ0n) is 46.4. The molecule has 0 aliphatic heterocycles. The second kappa shape index (κ2) is 39.3. The largest absolute Gasteiger partial charge is 0.394 e. The Morgan fingerprint density at radius 2 is 0.584 bits per heavy atom. The van der Waals surface area contributed by atoms with Crippen LogP contribution in [0.25, 0.3) is 0 Å². The molecule has 89 heavy (non-hydrogen) atoms. The van der Waals surface area contributed by atoms with Gasteiger partial charge in [0.05, 0.1) is 130 Å². The van der Waals surface area contributed by atoms with Crippen molar-refractivity contribution in [1.29, 1.82) is 0 Å². The minimum atomic E-state index is -1.96. The van der Waals surface area contributed by atoms with Gasteiger partial charge in [0, 0.05) is 70.6 Å². The number of aliphatic hydroxyl groups excluding tert-OH is 12. The number of carbonyl (C=O) groups excluding carboxylic acids is 9. The zero-order valence-corrected chi connectivity index (χ0v) is 65.8. The minimum Gasteiger partial charge on any atom is -0.394 e. The van der Waals surface area contributed by atoms with Gasteiger partial charge in [0.1, 0.15) is 0 Å². The fourth-order valence-corrected chi connectivity index (χ4v) is 20.7. The Hall–Kier alpha value is -1.02. The van der Waals surface area contributed by atoms with Crippen LogP contribution in [-0.4, -0.2) is 265 Å². The predicted octanol–water partition coefficient (Wildman–Crippen LogP) is -0.981. The molecule has 3 aromatic rings. The van der Waals surface area contributed by atoms with Gasteiger partial charge in [0.2, 0.25) is 0 Å². The Balaban J connectivity index is 2.26. The van der Waals surface area contributed by atoms with Crippen LogP contribution in [0, 0.1) is 32.1 Å². The predicted molar refractivity (Wildman–Crippen MR) is 394 cm³/mol. The molecule has 9 amide bonds. The number of aliphatic hydroxyl groups is 12. The first kappa shape index (κ1) is 82.2. The maximum atomic E-state index is 15.4. The van der Waals surface area contributed by atoms with E-state index in [1.54, 1.807) is 203 Å². The summed E-state index contributed by atoms with van der Waals surface area (Å²) in [5.41, 5.74) is -1.19. The summed E-state index contributed by atoms with van der Waals surface area (Å²) in [5.74, 6) is -8.02. The Morgan fingerprint density at radius 1 is 0.348 bits per heavy atom. The molecule has 3 rings (SSSR count). The van der Waals surface area contributed by atoms with Crippen LogP contribution in [0.1, 0.15) is 75.0 Å². The lowest BCUT2D eigenvalue weighted by Gasteiger charge is -2.28. The Bertz CT molecular complexity index is 3020. The van der Waals surface area contributed by atoms with E-state index >= 15 is 4.79 Å². The summed E-state index contributed by atoms with van der Waals surface area (Å²) < 4.78 is 0.686. The van der Waals surface area contributed by atoms with Gasteiger partial charge in [-0.3, -0.25) is 43.2 Å². The molecule has 0 bridgehead atoms. The number of nitrogens with one attached hydrogen (secondary N) is 6. The lowest BCUT2D eigenvalue weighted by atomic mass is 10.1. The van der Waals surface area contributed by atoms with Crippen LogP contribution in [-0.2, 0) is 14.4 Å². The van der Waals surface area contributed by atoms with Crippen molar-refractivity contribution in [3.8, 4) is 0 Å². The van der Waals surface area contributed by atoms with Gasteiger partial charge in [0.25, 0.3) is 53.2 Å². The van der Waals surface area contributed by atoms with E-state index in [1.807, 2.05) is 0 Å². The summed E-state index contributed by atoms with van der Waals surface area (Å²) in [6.45, 7) is -7.08. The van der Waals surface area contributed by atoms with Gasteiger partial charge in [-0.1, -0.05) is 0 Å². The van der Waals surface area contributed by atoms with E-state index in [1.165, 1.54) is 28.8 Å². The number of anilines is 3. The van der Waals surface area contributed by atoms with Crippen molar-refractivity contribution >= 4 is 274 Å². The third-order valence-electron chi connectivity index (χ3n) is 12.4. The molecule has 30 nitrogen and oxygen atoms in total. The summed E-state index contributed by atoms with van der Waals surface area (Å²) >= 11 is 15.8. The van der Waals surface area contributed by atoms with Gasteiger partial charge in [-0.25, -0.2) is 0 Å². The van der Waals surface area contributed by atoms with Gasteiger partial charge in [-0.05, 0) is 216 Å². The first-order chi connectivity index (χ1) is 41.7. The summed E-state index contributed by atoms with van der Waals surface area (Å²) in [6.07, 6.45) is -9.97. The smallest absolute Gasteiger partial charge is 0.256 e. The second-order valence-electron chi connectivity index (χ2n) is 18.9. The van der Waals surface area contributed by atoms with E-state index in [4.69, 9.17) is 0 Å². The van der Waals surface area contributed by atoms with Crippen molar-refractivity contribution in [3.05, 3.63) is 65.5 Å². The maximum Gasteiger partial charge on any atom is 0.256 e. The van der Waals surface area contributed by atoms with Gasteiger partial charge in [-0.15, -0.1) is 0 Å². The van der Waals surface area contributed by atoms with E-state index in [2.05, 4.69) is 31.9 Å². The Morgan fingerprint density at radius 3 is 0.820 bits per heavy atom. The van der Waals surface area contributed by atoms with Crippen LogP contribution >= 0.6 is 203 Å². The molecule has 0 spiro atoms. The number of rotatable bonds is 32. The van der Waals surface area contributed by atoms with E-state index in [0.29, 0.717) is 0 Å². The molecule has 6 unspecified atom stereocenters. The van der Waals surface area contributed by atoms with Crippen LogP contribution in [0.15, 0.2) is 0 Å². The molecule has 39 heteroatoms. The highest BCUT2D eigenvalue weighted by Crippen LogP contribution is 2.40. The Kier molecular flexibility index (Phi) is 36.3. The third-order valence-corrected chi connectivity index (χ3v) is 22.1. The second-order valence-corrected chi connectivity index (χ2v) is 28.6. The summed E-state index contributed by atoms with van der Waals surface area (Å²) in [4.78, 5) is 129. The molecule has 0 aliphatic rings. The first-order valence-electron chi connectivity index (χ1n) is 25.7. The summed E-state index contributed by atoms with van der Waals surface area (Å²) in [7, 11) is 2.80. The topological polar surface area (TPSA) is 478 Å². The number of benzene rings is 3. The molecule has 0 heterocycles. The minimum absolute atomic E-state index is 0.0219. The fraction of sp³-hybridized carbons (Fsp3) is 0.460. The van der Waals surface area contributed by atoms with E-state index < -0.39 is 149 Å². The molecule has 0 fully saturated rings. The van der Waals surface area contributed by atoms with Crippen molar-refractivity contribution < 1.29 is 104 Å². The average molecular weight is 2270 g/mol. The number of amides is 9. The number of nitrogens with zero attached hydrogens (tertiary/aromatic N) is 3. The lowest BCUT2D eigenvalue weighted by molar-refractivity contribution is -0.126. The molecular weight excluding hydrogens is 2200 g/mol. The number of halogens is 9. The maximum absolute atomic E-state index is 15.4. The van der Waals surface area contributed by atoms with Crippen molar-refractivity contribution in [2.75, 3.05) is 116 Å². The molecule has 0 aliphatic carbocycles. The van der Waals surface area contributed by atoms with Crippen molar-refractivity contribution in [1.82, 2.24) is 30.7 Å². The van der Waals surface area contributed by atoms with E-state index in [9.17, 15) is 99.6 Å². The Labute approximate surface area is 630 Å². The van der Waals surface area contributed by atoms with Crippen LogP contribution in [0.4, 0.5) is 17.1 Å². The van der Waals surface area contributed by atoms with Crippen LogP contribution < -0.4 is 31.9 Å². The molecular formula is C50H60I9N9O21. The van der Waals surface area contributed by atoms with E-state index in [0.717, 1.165) is 0 Å². The van der Waals surface area contributed by atoms with Crippen molar-refractivity contribution in [2.45, 2.75) is 49.5 Å². The highest BCUT2D eigenvalue weighted by molar-refractivity contribution is 14.1. The van der Waals surface area contributed by atoms with Crippen LogP contribution in [0.3, 0.4) is 0 Å². The zero-order chi connectivity index (χ0) is 67.6. The van der Waals surface area contributed by atoms with Crippen molar-refractivity contribution in [3.63, 3.8) is 0 Å². The SMILES string of the molecule is CN(CCCN(CCCN(C)C(=O)c1c(I)c(NC(=O)C(O)CO)c(I)c(C(=O)NCC(O)CO)c1I)C(=O)c1c(I)c(NC(=O)C(O)CO)c(I)c(C(=O)NCC(O)CO)c1I)C(=O)c1c(I)c(NC(=O)C(O)CO)c(I)c(C(=O)NCC(O)CO)c1I. The monoisotopic (exact) mass is 2260 g/mol. The van der Waals surface area contributed by atoms with Gasteiger partial charge in [-0.2, -0.15) is 0 Å².